The summed E-state index contributed by atoms with van der Waals surface area (Å²) in [5.41, 5.74) is -0.397. The van der Waals surface area contributed by atoms with Gasteiger partial charge in [-0.2, -0.15) is 0 Å². The Balaban J connectivity index is 2.24. The minimum absolute atomic E-state index is 0.286. The fourth-order valence-corrected chi connectivity index (χ4v) is 1.58. The van der Waals surface area contributed by atoms with Gasteiger partial charge >= 0.3 is 6.09 Å². The van der Waals surface area contributed by atoms with Gasteiger partial charge in [0.2, 0.25) is 0 Å². The zero-order valence-electron chi connectivity index (χ0n) is 9.76. The molecule has 14 heavy (non-hydrogen) atoms. The molecule has 1 aliphatic carbocycles. The van der Waals surface area contributed by atoms with Gasteiger partial charge in [-0.05, 0) is 39.0 Å². The lowest BCUT2D eigenvalue weighted by atomic mass is 10.1. The third-order valence-corrected chi connectivity index (χ3v) is 2.40. The lowest BCUT2D eigenvalue weighted by molar-refractivity contribution is 0.0520. The van der Waals surface area contributed by atoms with E-state index in [4.69, 9.17) is 4.74 Å². The van der Waals surface area contributed by atoms with E-state index >= 15 is 0 Å². The normalized spacial score (nSPS) is 26.1. The average Bonchev–Trinajstić information content (AvgIpc) is 2.61. The van der Waals surface area contributed by atoms with Crippen molar-refractivity contribution in [3.8, 4) is 0 Å². The van der Waals surface area contributed by atoms with E-state index in [-0.39, 0.29) is 6.09 Å². The molecule has 1 N–H and O–H groups in total. The molecule has 2 unspecified atom stereocenters. The number of carbonyl (C=O) groups is 1. The van der Waals surface area contributed by atoms with Crippen molar-refractivity contribution in [2.75, 3.05) is 0 Å². The van der Waals surface area contributed by atoms with Gasteiger partial charge in [-0.25, -0.2) is 4.79 Å². The van der Waals surface area contributed by atoms with Crippen molar-refractivity contribution >= 4 is 6.09 Å². The smallest absolute Gasteiger partial charge is 0.407 e. The van der Waals surface area contributed by atoms with Crippen molar-refractivity contribution in [3.05, 3.63) is 0 Å². The summed E-state index contributed by atoms with van der Waals surface area (Å²) in [5, 5.41) is 2.88. The van der Waals surface area contributed by atoms with Crippen LogP contribution < -0.4 is 5.32 Å². The molecular weight excluding hydrogens is 178 g/mol. The van der Waals surface area contributed by atoms with Crippen LogP contribution in [0.5, 0.6) is 0 Å². The van der Waals surface area contributed by atoms with Crippen LogP contribution in [0.2, 0.25) is 0 Å². The molecule has 0 aromatic rings. The molecule has 0 bridgehead atoms. The maximum atomic E-state index is 11.3. The number of hydrogen-bond acceptors (Lipinski definition) is 2. The first-order valence-electron chi connectivity index (χ1n) is 5.29. The van der Waals surface area contributed by atoms with Crippen LogP contribution in [0.15, 0.2) is 0 Å². The van der Waals surface area contributed by atoms with Gasteiger partial charge in [-0.1, -0.05) is 13.8 Å². The number of rotatable bonds is 2. The largest absolute Gasteiger partial charge is 0.444 e. The fraction of sp³-hybridized carbons (Fsp3) is 0.909. The highest BCUT2D eigenvalue weighted by atomic mass is 16.6. The molecule has 82 valence electrons. The molecule has 0 radical (unpaired) electrons. The Labute approximate surface area is 86.2 Å². The van der Waals surface area contributed by atoms with Crippen molar-refractivity contribution in [1.82, 2.24) is 5.32 Å². The van der Waals surface area contributed by atoms with Crippen LogP contribution in [0.1, 0.15) is 41.0 Å². The van der Waals surface area contributed by atoms with Gasteiger partial charge in [0.25, 0.3) is 0 Å². The van der Waals surface area contributed by atoms with E-state index in [0.717, 1.165) is 6.42 Å². The quantitative estimate of drug-likeness (QED) is 0.742. The second-order valence-electron chi connectivity index (χ2n) is 5.40. The lowest BCUT2D eigenvalue weighted by Gasteiger charge is -2.19. The summed E-state index contributed by atoms with van der Waals surface area (Å²) in [5.74, 6) is 1.29. The third-order valence-electron chi connectivity index (χ3n) is 2.40. The van der Waals surface area contributed by atoms with E-state index in [0.29, 0.717) is 17.9 Å². The van der Waals surface area contributed by atoms with Crippen molar-refractivity contribution < 1.29 is 9.53 Å². The van der Waals surface area contributed by atoms with Gasteiger partial charge in [0.05, 0.1) is 0 Å². The van der Waals surface area contributed by atoms with Gasteiger partial charge < -0.3 is 10.1 Å². The van der Waals surface area contributed by atoms with Crippen molar-refractivity contribution in [2.24, 2.45) is 11.8 Å². The SMILES string of the molecule is CC(C)C1CC1NC(=O)OC(C)(C)C. The molecule has 0 heterocycles. The Hall–Kier alpha value is -0.730. The summed E-state index contributed by atoms with van der Waals surface area (Å²) < 4.78 is 5.17. The molecule has 2 atom stereocenters. The number of nitrogens with one attached hydrogen (secondary N) is 1. The second-order valence-corrected chi connectivity index (χ2v) is 5.40. The van der Waals surface area contributed by atoms with Crippen molar-refractivity contribution in [3.63, 3.8) is 0 Å². The second kappa shape index (κ2) is 3.79. The van der Waals surface area contributed by atoms with E-state index in [1.165, 1.54) is 0 Å². The standard InChI is InChI=1S/C11H21NO2/c1-7(2)8-6-9(8)12-10(13)14-11(3,4)5/h7-9H,6H2,1-5H3,(H,12,13). The number of alkyl carbamates (subject to hydrolysis) is 1. The maximum Gasteiger partial charge on any atom is 0.407 e. The minimum Gasteiger partial charge on any atom is -0.444 e. The number of carbonyl (C=O) groups excluding carboxylic acids is 1. The van der Waals surface area contributed by atoms with Crippen LogP contribution in [0.3, 0.4) is 0 Å². The predicted molar refractivity (Wildman–Crippen MR) is 56.1 cm³/mol. The first-order valence-corrected chi connectivity index (χ1v) is 5.29. The summed E-state index contributed by atoms with van der Waals surface area (Å²) in [6.45, 7) is 9.99. The summed E-state index contributed by atoms with van der Waals surface area (Å²) in [6.07, 6.45) is 0.808. The zero-order valence-corrected chi connectivity index (χ0v) is 9.76. The van der Waals surface area contributed by atoms with E-state index in [2.05, 4.69) is 19.2 Å². The maximum absolute atomic E-state index is 11.3. The number of amides is 1. The highest BCUT2D eigenvalue weighted by molar-refractivity contribution is 5.68. The number of ether oxygens (including phenoxy) is 1. The molecule has 3 heteroatoms. The highest BCUT2D eigenvalue weighted by Gasteiger charge is 2.40. The topological polar surface area (TPSA) is 38.3 Å². The van der Waals surface area contributed by atoms with Crippen molar-refractivity contribution in [2.45, 2.75) is 52.7 Å². The summed E-state index contributed by atoms with van der Waals surface area (Å²) in [4.78, 5) is 11.3. The Morgan fingerprint density at radius 1 is 1.43 bits per heavy atom. The van der Waals surface area contributed by atoms with Crippen LogP contribution >= 0.6 is 0 Å². The van der Waals surface area contributed by atoms with E-state index < -0.39 is 5.60 Å². The van der Waals surface area contributed by atoms with Gasteiger partial charge in [0.15, 0.2) is 0 Å². The molecule has 1 rings (SSSR count). The van der Waals surface area contributed by atoms with E-state index in [1.54, 1.807) is 0 Å². The Bertz CT molecular complexity index is 218. The first kappa shape index (κ1) is 11.3. The van der Waals surface area contributed by atoms with Crippen LogP contribution in [-0.4, -0.2) is 17.7 Å². The lowest BCUT2D eigenvalue weighted by Crippen LogP contribution is -2.34. The van der Waals surface area contributed by atoms with Crippen LogP contribution in [0, 0.1) is 11.8 Å². The van der Waals surface area contributed by atoms with Crippen LogP contribution in [0.4, 0.5) is 4.79 Å². The van der Waals surface area contributed by atoms with Crippen LogP contribution in [-0.2, 0) is 4.74 Å². The van der Waals surface area contributed by atoms with Crippen LogP contribution in [0.25, 0.3) is 0 Å². The molecule has 0 aromatic carbocycles. The molecule has 3 nitrogen and oxygen atoms in total. The Kier molecular flexibility index (Phi) is 3.07. The average molecular weight is 199 g/mol. The molecule has 1 aliphatic rings. The zero-order chi connectivity index (χ0) is 10.9. The molecule has 1 amide bonds. The summed E-state index contributed by atoms with van der Waals surface area (Å²) in [6, 6.07) is 0.338. The van der Waals surface area contributed by atoms with Gasteiger partial charge in [0.1, 0.15) is 5.60 Å². The Morgan fingerprint density at radius 3 is 2.36 bits per heavy atom. The number of hydrogen-bond donors (Lipinski definition) is 1. The molecule has 0 spiro atoms. The molecule has 1 fully saturated rings. The van der Waals surface area contributed by atoms with Gasteiger partial charge in [-0.3, -0.25) is 0 Å². The highest BCUT2D eigenvalue weighted by Crippen LogP contribution is 2.37. The molecule has 0 saturated heterocycles. The summed E-state index contributed by atoms with van der Waals surface area (Å²) in [7, 11) is 0. The molecule has 0 aromatic heterocycles. The van der Waals surface area contributed by atoms with Crippen molar-refractivity contribution in [1.29, 1.82) is 0 Å². The summed E-state index contributed by atoms with van der Waals surface area (Å²) >= 11 is 0. The predicted octanol–water partition coefficient (Wildman–Crippen LogP) is 2.56. The molecule has 0 aliphatic heterocycles. The third kappa shape index (κ3) is 3.56. The minimum atomic E-state index is -0.397. The monoisotopic (exact) mass is 199 g/mol. The molecule has 1 saturated carbocycles. The molecular formula is C11H21NO2. The Morgan fingerprint density at radius 2 is 2.00 bits per heavy atom. The first-order chi connectivity index (χ1) is 6.29. The van der Waals surface area contributed by atoms with E-state index in [9.17, 15) is 4.79 Å². The van der Waals surface area contributed by atoms with Gasteiger partial charge in [0, 0.05) is 6.04 Å². The fourth-order valence-electron chi connectivity index (χ4n) is 1.58. The van der Waals surface area contributed by atoms with Gasteiger partial charge in [-0.15, -0.1) is 0 Å². The van der Waals surface area contributed by atoms with E-state index in [1.807, 2.05) is 20.8 Å².